The van der Waals surface area contributed by atoms with Crippen molar-refractivity contribution in [2.75, 3.05) is 19.7 Å². The van der Waals surface area contributed by atoms with Crippen LogP contribution in [-0.4, -0.2) is 41.4 Å². The number of morpholine rings is 1. The monoisotopic (exact) mass is 303 g/mol. The predicted octanol–water partition coefficient (Wildman–Crippen LogP) is 2.01. The highest BCUT2D eigenvalue weighted by Gasteiger charge is 2.33. The maximum Gasteiger partial charge on any atom is 0.169 e. The first-order valence-electron chi connectivity index (χ1n) is 5.74. The molecule has 96 valence electrons. The number of hydrogen-bond donors (Lipinski definition) is 1. The Morgan fingerprint density at radius 3 is 2.88 bits per heavy atom. The molecule has 1 N–H and O–H groups in total. The maximum atomic E-state index is 9.23. The van der Waals surface area contributed by atoms with E-state index >= 15 is 0 Å². The molecule has 4 nitrogen and oxygen atoms in total. The molecule has 0 spiro atoms. The van der Waals surface area contributed by atoms with Crippen LogP contribution < -0.4 is 0 Å². The van der Waals surface area contributed by atoms with E-state index in [-0.39, 0.29) is 18.3 Å². The van der Waals surface area contributed by atoms with Gasteiger partial charge in [0.2, 0.25) is 0 Å². The summed E-state index contributed by atoms with van der Waals surface area (Å²) in [5.41, 5.74) is -0.227. The molecule has 1 saturated heterocycles. The molecule has 5 heteroatoms. The lowest BCUT2D eigenvalue weighted by Crippen LogP contribution is -2.53. The second-order valence-electron chi connectivity index (χ2n) is 5.06. The molecule has 0 saturated carbocycles. The lowest BCUT2D eigenvalue weighted by molar-refractivity contribution is -0.151. The van der Waals surface area contributed by atoms with Crippen molar-refractivity contribution in [1.29, 1.82) is 0 Å². The summed E-state index contributed by atoms with van der Waals surface area (Å²) >= 11 is 3.30. The molecule has 1 aliphatic rings. The Morgan fingerprint density at radius 1 is 1.53 bits per heavy atom. The summed E-state index contributed by atoms with van der Waals surface area (Å²) in [5, 5.41) is 9.23. The number of ether oxygens (including phenoxy) is 1. The minimum atomic E-state index is -0.227. The van der Waals surface area contributed by atoms with E-state index < -0.39 is 0 Å². The van der Waals surface area contributed by atoms with Crippen molar-refractivity contribution in [3.8, 4) is 0 Å². The van der Waals surface area contributed by atoms with Crippen LogP contribution in [-0.2, 0) is 11.3 Å². The molecule has 1 aromatic rings. The molecular formula is C12H18BrNO3. The molecular weight excluding hydrogens is 286 g/mol. The topological polar surface area (TPSA) is 45.8 Å². The molecule has 0 aromatic carbocycles. The third-order valence-electron chi connectivity index (χ3n) is 2.76. The van der Waals surface area contributed by atoms with E-state index in [4.69, 9.17) is 9.15 Å². The molecule has 1 atom stereocenters. The summed E-state index contributed by atoms with van der Waals surface area (Å²) in [5.74, 6) is 0.922. The first-order valence-corrected chi connectivity index (χ1v) is 6.53. The SMILES string of the molecule is CC1(C)CN(Cc2ccc(Br)o2)CC(CO)O1. The van der Waals surface area contributed by atoms with Crippen molar-refractivity contribution in [3.63, 3.8) is 0 Å². The average molecular weight is 304 g/mol. The van der Waals surface area contributed by atoms with Gasteiger partial charge in [-0.25, -0.2) is 0 Å². The molecule has 0 bridgehead atoms. The quantitative estimate of drug-likeness (QED) is 0.928. The van der Waals surface area contributed by atoms with Gasteiger partial charge in [0.05, 0.1) is 24.9 Å². The van der Waals surface area contributed by atoms with Crippen LogP contribution in [0.2, 0.25) is 0 Å². The molecule has 2 rings (SSSR count). The number of aliphatic hydroxyl groups excluding tert-OH is 1. The minimum Gasteiger partial charge on any atom is -0.453 e. The Balaban J connectivity index is 2.00. The zero-order chi connectivity index (χ0) is 12.5. The highest BCUT2D eigenvalue weighted by atomic mass is 79.9. The van der Waals surface area contributed by atoms with Crippen molar-refractivity contribution < 1.29 is 14.3 Å². The molecule has 1 fully saturated rings. The summed E-state index contributed by atoms with van der Waals surface area (Å²) in [4.78, 5) is 2.25. The van der Waals surface area contributed by atoms with Crippen molar-refractivity contribution in [2.45, 2.75) is 32.1 Å². The van der Waals surface area contributed by atoms with Crippen LogP contribution in [0.15, 0.2) is 21.2 Å². The number of hydrogen-bond acceptors (Lipinski definition) is 4. The van der Waals surface area contributed by atoms with Gasteiger partial charge in [-0.1, -0.05) is 0 Å². The summed E-state index contributed by atoms with van der Waals surface area (Å²) in [6.45, 7) is 6.45. The zero-order valence-electron chi connectivity index (χ0n) is 10.1. The Hall–Kier alpha value is -0.360. The van der Waals surface area contributed by atoms with Gasteiger partial charge in [-0.3, -0.25) is 4.90 Å². The minimum absolute atomic E-state index is 0.0573. The van der Waals surface area contributed by atoms with E-state index in [0.29, 0.717) is 0 Å². The van der Waals surface area contributed by atoms with Gasteiger partial charge in [-0.15, -0.1) is 0 Å². The van der Waals surface area contributed by atoms with Crippen LogP contribution in [0.5, 0.6) is 0 Å². The van der Waals surface area contributed by atoms with Gasteiger partial charge in [0.15, 0.2) is 4.67 Å². The van der Waals surface area contributed by atoms with Crippen molar-refractivity contribution >= 4 is 15.9 Å². The number of rotatable bonds is 3. The third-order valence-corrected chi connectivity index (χ3v) is 3.19. The molecule has 17 heavy (non-hydrogen) atoms. The van der Waals surface area contributed by atoms with Gasteiger partial charge >= 0.3 is 0 Å². The Bertz CT molecular complexity index is 378. The fraction of sp³-hybridized carbons (Fsp3) is 0.667. The fourth-order valence-corrected chi connectivity index (χ4v) is 2.63. The number of halogens is 1. The van der Waals surface area contributed by atoms with Crippen LogP contribution in [0, 0.1) is 0 Å². The lowest BCUT2D eigenvalue weighted by atomic mass is 10.1. The van der Waals surface area contributed by atoms with Crippen LogP contribution >= 0.6 is 15.9 Å². The number of furan rings is 1. The van der Waals surface area contributed by atoms with Crippen LogP contribution in [0.4, 0.5) is 0 Å². The third kappa shape index (κ3) is 3.55. The Morgan fingerprint density at radius 2 is 2.29 bits per heavy atom. The highest BCUT2D eigenvalue weighted by Crippen LogP contribution is 2.23. The summed E-state index contributed by atoms with van der Waals surface area (Å²) in [6, 6.07) is 3.85. The first kappa shape index (κ1) is 13.1. The molecule has 1 aliphatic heterocycles. The van der Waals surface area contributed by atoms with Gasteiger partial charge in [0, 0.05) is 13.1 Å². The van der Waals surface area contributed by atoms with Gasteiger partial charge in [-0.05, 0) is 41.9 Å². The van der Waals surface area contributed by atoms with E-state index in [1.807, 2.05) is 26.0 Å². The number of aliphatic hydroxyl groups is 1. The summed E-state index contributed by atoms with van der Waals surface area (Å²) in [6.07, 6.45) is -0.114. The van der Waals surface area contributed by atoms with Gasteiger partial charge in [0.25, 0.3) is 0 Å². The highest BCUT2D eigenvalue weighted by molar-refractivity contribution is 9.10. The standard InChI is InChI=1S/C12H18BrNO3/c1-12(2)8-14(6-10(7-15)17-12)5-9-3-4-11(13)16-9/h3-4,10,15H,5-8H2,1-2H3. The second-order valence-corrected chi connectivity index (χ2v) is 5.84. The van der Waals surface area contributed by atoms with E-state index in [1.54, 1.807) is 0 Å². The van der Waals surface area contributed by atoms with E-state index in [0.717, 1.165) is 30.1 Å². The zero-order valence-corrected chi connectivity index (χ0v) is 11.7. The lowest BCUT2D eigenvalue weighted by Gasteiger charge is -2.42. The molecule has 2 heterocycles. The van der Waals surface area contributed by atoms with Crippen LogP contribution in [0.3, 0.4) is 0 Å². The van der Waals surface area contributed by atoms with Crippen LogP contribution in [0.25, 0.3) is 0 Å². The van der Waals surface area contributed by atoms with Crippen molar-refractivity contribution in [2.24, 2.45) is 0 Å². The van der Waals surface area contributed by atoms with E-state index in [9.17, 15) is 5.11 Å². The van der Waals surface area contributed by atoms with E-state index in [2.05, 4.69) is 20.8 Å². The molecule has 0 aliphatic carbocycles. The second kappa shape index (κ2) is 5.10. The predicted molar refractivity (Wildman–Crippen MR) is 67.7 cm³/mol. The first-order chi connectivity index (χ1) is 7.98. The van der Waals surface area contributed by atoms with Gasteiger partial charge < -0.3 is 14.3 Å². The maximum absolute atomic E-state index is 9.23. The molecule has 1 unspecified atom stereocenters. The smallest absolute Gasteiger partial charge is 0.169 e. The van der Waals surface area contributed by atoms with E-state index in [1.165, 1.54) is 0 Å². The normalized spacial score (nSPS) is 25.1. The molecule has 0 radical (unpaired) electrons. The van der Waals surface area contributed by atoms with Crippen molar-refractivity contribution in [3.05, 3.63) is 22.6 Å². The fourth-order valence-electron chi connectivity index (χ4n) is 2.29. The van der Waals surface area contributed by atoms with Crippen LogP contribution in [0.1, 0.15) is 19.6 Å². The Kier molecular flexibility index (Phi) is 3.92. The average Bonchev–Trinajstić information content (AvgIpc) is 2.61. The van der Waals surface area contributed by atoms with Crippen molar-refractivity contribution in [1.82, 2.24) is 4.90 Å². The molecule has 1 aromatic heterocycles. The Labute approximate surface area is 110 Å². The summed E-state index contributed by atoms with van der Waals surface area (Å²) < 4.78 is 12.0. The molecule has 0 amide bonds. The van der Waals surface area contributed by atoms with Gasteiger partial charge in [0.1, 0.15) is 5.76 Å². The summed E-state index contributed by atoms with van der Waals surface area (Å²) in [7, 11) is 0. The van der Waals surface area contributed by atoms with Gasteiger partial charge in [-0.2, -0.15) is 0 Å². The number of nitrogens with zero attached hydrogens (tertiary/aromatic N) is 1. The largest absolute Gasteiger partial charge is 0.453 e.